The van der Waals surface area contributed by atoms with Gasteiger partial charge in [-0.15, -0.1) is 0 Å². The fourth-order valence-corrected chi connectivity index (χ4v) is 0.795. The van der Waals surface area contributed by atoms with Crippen LogP contribution in [0.1, 0.15) is 13.8 Å². The second-order valence-corrected chi connectivity index (χ2v) is 3.77. The summed E-state index contributed by atoms with van der Waals surface area (Å²) in [6.45, 7) is 8.71. The SMILES string of the molecule is [CH2]C(C)(C)COc1ccccc1. The van der Waals surface area contributed by atoms with Gasteiger partial charge in [0.2, 0.25) is 0 Å². The van der Waals surface area contributed by atoms with Crippen molar-refractivity contribution in [2.75, 3.05) is 6.61 Å². The van der Waals surface area contributed by atoms with Crippen molar-refractivity contribution in [2.45, 2.75) is 13.8 Å². The van der Waals surface area contributed by atoms with E-state index >= 15 is 0 Å². The first-order chi connectivity index (χ1) is 5.58. The highest BCUT2D eigenvalue weighted by Gasteiger charge is 2.10. The first-order valence-electron chi connectivity index (χ1n) is 4.11. The van der Waals surface area contributed by atoms with Crippen LogP contribution in [0.25, 0.3) is 0 Å². The van der Waals surface area contributed by atoms with Crippen LogP contribution in [-0.4, -0.2) is 6.61 Å². The van der Waals surface area contributed by atoms with Crippen molar-refractivity contribution in [1.82, 2.24) is 0 Å². The summed E-state index contributed by atoms with van der Waals surface area (Å²) in [6.07, 6.45) is 0. The molecule has 1 rings (SSSR count). The lowest BCUT2D eigenvalue weighted by Gasteiger charge is -2.18. The minimum Gasteiger partial charge on any atom is -0.493 e. The predicted molar refractivity (Wildman–Crippen MR) is 51.1 cm³/mol. The van der Waals surface area contributed by atoms with Gasteiger partial charge < -0.3 is 4.74 Å². The highest BCUT2D eigenvalue weighted by molar-refractivity contribution is 5.20. The van der Waals surface area contributed by atoms with Crippen LogP contribution in [0.5, 0.6) is 5.75 Å². The van der Waals surface area contributed by atoms with Crippen molar-refractivity contribution < 1.29 is 4.74 Å². The Morgan fingerprint density at radius 1 is 1.25 bits per heavy atom. The molecule has 1 radical (unpaired) electrons. The summed E-state index contributed by atoms with van der Waals surface area (Å²) < 4.78 is 5.51. The quantitative estimate of drug-likeness (QED) is 0.665. The first-order valence-corrected chi connectivity index (χ1v) is 4.11. The Morgan fingerprint density at radius 2 is 1.83 bits per heavy atom. The lowest BCUT2D eigenvalue weighted by Crippen LogP contribution is -2.17. The standard InChI is InChI=1S/C11H15O/c1-11(2,3)9-12-10-7-5-4-6-8-10/h4-8H,1,9H2,2-3H3. The fourth-order valence-electron chi connectivity index (χ4n) is 0.795. The van der Waals surface area contributed by atoms with Crippen molar-refractivity contribution in [3.63, 3.8) is 0 Å². The normalized spacial score (nSPS) is 11.2. The van der Waals surface area contributed by atoms with E-state index in [9.17, 15) is 0 Å². The molecule has 0 saturated heterocycles. The van der Waals surface area contributed by atoms with Crippen LogP contribution in [-0.2, 0) is 0 Å². The van der Waals surface area contributed by atoms with Gasteiger partial charge in [0.15, 0.2) is 0 Å². The topological polar surface area (TPSA) is 9.23 Å². The van der Waals surface area contributed by atoms with Crippen LogP contribution >= 0.6 is 0 Å². The van der Waals surface area contributed by atoms with Crippen LogP contribution in [0.15, 0.2) is 30.3 Å². The van der Waals surface area contributed by atoms with Crippen LogP contribution < -0.4 is 4.74 Å². The molecule has 1 nitrogen and oxygen atoms in total. The number of rotatable bonds is 3. The molecule has 0 unspecified atom stereocenters. The molecule has 0 aliphatic heterocycles. The first kappa shape index (κ1) is 9.11. The van der Waals surface area contributed by atoms with E-state index in [1.54, 1.807) is 0 Å². The van der Waals surface area contributed by atoms with Crippen molar-refractivity contribution >= 4 is 0 Å². The zero-order valence-corrected chi connectivity index (χ0v) is 7.71. The lowest BCUT2D eigenvalue weighted by atomic mass is 9.99. The second-order valence-electron chi connectivity index (χ2n) is 3.77. The molecule has 12 heavy (non-hydrogen) atoms. The van der Waals surface area contributed by atoms with Gasteiger partial charge in [-0.2, -0.15) is 0 Å². The molecule has 1 aromatic carbocycles. The molecule has 0 aliphatic carbocycles. The molecule has 65 valence electrons. The molecular weight excluding hydrogens is 148 g/mol. The third-order valence-electron chi connectivity index (χ3n) is 1.37. The Labute approximate surface area is 74.4 Å². The summed E-state index contributed by atoms with van der Waals surface area (Å²) in [5, 5.41) is 0. The van der Waals surface area contributed by atoms with Crippen molar-refractivity contribution in [2.24, 2.45) is 5.41 Å². The van der Waals surface area contributed by atoms with E-state index in [1.165, 1.54) is 0 Å². The van der Waals surface area contributed by atoms with Gasteiger partial charge in [-0.1, -0.05) is 32.0 Å². The Kier molecular flexibility index (Phi) is 2.74. The van der Waals surface area contributed by atoms with Crippen molar-refractivity contribution in [3.05, 3.63) is 37.3 Å². The zero-order chi connectivity index (χ0) is 9.03. The van der Waals surface area contributed by atoms with Crippen LogP contribution in [0, 0.1) is 12.3 Å². The molecule has 0 atom stereocenters. The van der Waals surface area contributed by atoms with Gasteiger partial charge in [-0.05, 0) is 24.5 Å². The third kappa shape index (κ3) is 3.42. The van der Waals surface area contributed by atoms with Gasteiger partial charge in [0, 0.05) is 0 Å². The number of benzene rings is 1. The molecule has 0 aliphatic rings. The van der Waals surface area contributed by atoms with E-state index in [4.69, 9.17) is 4.74 Å². The summed E-state index contributed by atoms with van der Waals surface area (Å²) in [5.74, 6) is 0.911. The molecule has 0 fully saturated rings. The summed E-state index contributed by atoms with van der Waals surface area (Å²) in [5.41, 5.74) is -0.0180. The van der Waals surface area contributed by atoms with E-state index in [-0.39, 0.29) is 5.41 Å². The van der Waals surface area contributed by atoms with Gasteiger partial charge in [-0.25, -0.2) is 0 Å². The van der Waals surface area contributed by atoms with E-state index in [0.717, 1.165) is 5.75 Å². The molecule has 0 spiro atoms. The lowest BCUT2D eigenvalue weighted by molar-refractivity contribution is 0.219. The third-order valence-corrected chi connectivity index (χ3v) is 1.37. The van der Waals surface area contributed by atoms with E-state index < -0.39 is 0 Å². The van der Waals surface area contributed by atoms with E-state index in [0.29, 0.717) is 6.61 Å². The monoisotopic (exact) mass is 163 g/mol. The Morgan fingerprint density at radius 3 is 2.33 bits per heavy atom. The average molecular weight is 163 g/mol. The maximum atomic E-state index is 5.51. The Bertz CT molecular complexity index is 221. The summed E-state index contributed by atoms with van der Waals surface area (Å²) in [4.78, 5) is 0. The summed E-state index contributed by atoms with van der Waals surface area (Å²) in [7, 11) is 0. The molecule has 0 aromatic heterocycles. The number of hydrogen-bond acceptors (Lipinski definition) is 1. The fraction of sp³-hybridized carbons (Fsp3) is 0.364. The molecule has 0 bridgehead atoms. The summed E-state index contributed by atoms with van der Waals surface area (Å²) in [6, 6.07) is 9.80. The minimum absolute atomic E-state index is 0.0180. The molecule has 1 heteroatoms. The molecule has 1 aromatic rings. The number of hydrogen-bond donors (Lipinski definition) is 0. The predicted octanol–water partition coefficient (Wildman–Crippen LogP) is 2.93. The molecule has 0 saturated carbocycles. The number of ether oxygens (including phenoxy) is 1. The molecular formula is C11H15O. The van der Waals surface area contributed by atoms with E-state index in [1.807, 2.05) is 30.3 Å². The zero-order valence-electron chi connectivity index (χ0n) is 7.71. The molecule has 0 N–H and O–H groups in total. The van der Waals surface area contributed by atoms with Crippen molar-refractivity contribution in [1.29, 1.82) is 0 Å². The van der Waals surface area contributed by atoms with E-state index in [2.05, 4.69) is 20.8 Å². The highest BCUT2D eigenvalue weighted by Crippen LogP contribution is 2.16. The smallest absolute Gasteiger partial charge is 0.119 e. The van der Waals surface area contributed by atoms with Gasteiger partial charge in [-0.3, -0.25) is 0 Å². The maximum absolute atomic E-state index is 5.51. The summed E-state index contributed by atoms with van der Waals surface area (Å²) >= 11 is 0. The van der Waals surface area contributed by atoms with Gasteiger partial charge in [0.25, 0.3) is 0 Å². The number of para-hydroxylation sites is 1. The van der Waals surface area contributed by atoms with Gasteiger partial charge >= 0.3 is 0 Å². The average Bonchev–Trinajstić information content (AvgIpc) is 2.02. The Hall–Kier alpha value is -0.980. The second kappa shape index (κ2) is 3.61. The minimum atomic E-state index is -0.0180. The van der Waals surface area contributed by atoms with Gasteiger partial charge in [0.05, 0.1) is 6.61 Å². The van der Waals surface area contributed by atoms with Crippen LogP contribution in [0.3, 0.4) is 0 Å². The van der Waals surface area contributed by atoms with Gasteiger partial charge in [0.1, 0.15) is 5.75 Å². The van der Waals surface area contributed by atoms with Crippen LogP contribution in [0.4, 0.5) is 0 Å². The van der Waals surface area contributed by atoms with Crippen molar-refractivity contribution in [3.8, 4) is 5.75 Å². The largest absolute Gasteiger partial charge is 0.493 e. The maximum Gasteiger partial charge on any atom is 0.119 e. The molecule has 0 heterocycles. The highest BCUT2D eigenvalue weighted by atomic mass is 16.5. The Balaban J connectivity index is 2.44. The van der Waals surface area contributed by atoms with Crippen LogP contribution in [0.2, 0.25) is 0 Å². The molecule has 0 amide bonds.